The first kappa shape index (κ1) is 25.8. The number of aliphatic carboxylic acids is 1. The largest absolute Gasteiger partial charge is 0.481 e. The smallest absolute Gasteiger partial charge is 0.417 e. The van der Waals surface area contributed by atoms with Gasteiger partial charge in [0.1, 0.15) is 5.75 Å². The second kappa shape index (κ2) is 9.46. The first-order valence-corrected chi connectivity index (χ1v) is 11.5. The number of ether oxygens (including phenoxy) is 1. The number of anilines is 1. The standard InChI is InChI=1S/C24H31F3N2O5/c1-14(2)29(15-8-6-5-7-9-15)21(32)16-12-18-19(13-17(16)24(25,26)27)34-23(3,4)22(33)28(18)11-10-20(30)31/h12-15H,5-11H2,1-4H3,(H,30,31). The Morgan fingerprint density at radius 3 is 2.35 bits per heavy atom. The van der Waals surface area contributed by atoms with Gasteiger partial charge in [-0.25, -0.2) is 0 Å². The van der Waals surface area contributed by atoms with Crippen molar-refractivity contribution >= 4 is 23.5 Å². The lowest BCUT2D eigenvalue weighted by Crippen LogP contribution is -2.53. The molecule has 1 aromatic rings. The third-order valence-corrected chi connectivity index (χ3v) is 6.36. The fourth-order valence-electron chi connectivity index (χ4n) is 4.78. The number of alkyl halides is 3. The molecule has 7 nitrogen and oxygen atoms in total. The predicted octanol–water partition coefficient (Wildman–Crippen LogP) is 4.87. The first-order valence-electron chi connectivity index (χ1n) is 11.5. The molecule has 1 aliphatic carbocycles. The van der Waals surface area contributed by atoms with Crippen molar-refractivity contribution in [2.24, 2.45) is 0 Å². The summed E-state index contributed by atoms with van der Waals surface area (Å²) in [5.41, 5.74) is -3.23. The molecule has 0 atom stereocenters. The third-order valence-electron chi connectivity index (χ3n) is 6.36. The number of benzene rings is 1. The predicted molar refractivity (Wildman–Crippen MR) is 119 cm³/mol. The van der Waals surface area contributed by atoms with E-state index in [0.29, 0.717) is 0 Å². The lowest BCUT2D eigenvalue weighted by atomic mass is 9.92. The minimum absolute atomic E-state index is 0.0331. The number of rotatable bonds is 6. The Hall–Kier alpha value is -2.78. The normalized spacial score (nSPS) is 18.5. The molecule has 1 saturated carbocycles. The van der Waals surface area contributed by atoms with Crippen LogP contribution < -0.4 is 9.64 Å². The summed E-state index contributed by atoms with van der Waals surface area (Å²) in [5.74, 6) is -2.72. The zero-order valence-electron chi connectivity index (χ0n) is 19.9. The van der Waals surface area contributed by atoms with Crippen LogP contribution >= 0.6 is 0 Å². The number of hydrogen-bond acceptors (Lipinski definition) is 4. The number of carbonyl (C=O) groups excluding carboxylic acids is 2. The molecular weight excluding hydrogens is 453 g/mol. The third kappa shape index (κ3) is 5.15. The van der Waals surface area contributed by atoms with E-state index in [0.717, 1.165) is 49.1 Å². The summed E-state index contributed by atoms with van der Waals surface area (Å²) in [7, 11) is 0. The van der Waals surface area contributed by atoms with Gasteiger partial charge in [-0.2, -0.15) is 13.2 Å². The molecule has 3 rings (SSSR count). The molecule has 0 spiro atoms. The van der Waals surface area contributed by atoms with Crippen molar-refractivity contribution < 1.29 is 37.4 Å². The number of nitrogens with zero attached hydrogens (tertiary/aromatic N) is 2. The van der Waals surface area contributed by atoms with Gasteiger partial charge in [0.25, 0.3) is 11.8 Å². The van der Waals surface area contributed by atoms with Crippen molar-refractivity contribution in [2.75, 3.05) is 11.4 Å². The molecule has 1 aliphatic heterocycles. The Labute approximate surface area is 196 Å². The lowest BCUT2D eigenvalue weighted by molar-refractivity contribution is -0.138. The van der Waals surface area contributed by atoms with Crippen molar-refractivity contribution in [1.82, 2.24) is 4.90 Å². The van der Waals surface area contributed by atoms with Gasteiger partial charge < -0.3 is 19.6 Å². The number of halogens is 3. The molecule has 0 unspecified atom stereocenters. The summed E-state index contributed by atoms with van der Waals surface area (Å²) in [6, 6.07) is 1.29. The van der Waals surface area contributed by atoms with E-state index in [1.807, 2.05) is 0 Å². The highest BCUT2D eigenvalue weighted by Gasteiger charge is 2.45. The second-order valence-corrected chi connectivity index (χ2v) is 9.67. The number of carboxylic acids is 1. The average Bonchev–Trinajstić information content (AvgIpc) is 2.73. The summed E-state index contributed by atoms with van der Waals surface area (Å²) < 4.78 is 48.0. The van der Waals surface area contributed by atoms with Crippen LogP contribution in [0.15, 0.2) is 12.1 Å². The van der Waals surface area contributed by atoms with Crippen LogP contribution in [0.4, 0.5) is 18.9 Å². The highest BCUT2D eigenvalue weighted by atomic mass is 19.4. The van der Waals surface area contributed by atoms with E-state index in [1.165, 1.54) is 18.7 Å². The Kier molecular flexibility index (Phi) is 7.19. The molecule has 188 valence electrons. The quantitative estimate of drug-likeness (QED) is 0.623. The van der Waals surface area contributed by atoms with Crippen LogP contribution in [0.3, 0.4) is 0 Å². The van der Waals surface area contributed by atoms with Gasteiger partial charge in [-0.05, 0) is 52.7 Å². The van der Waals surface area contributed by atoms with Crippen molar-refractivity contribution in [1.29, 1.82) is 0 Å². The van der Waals surface area contributed by atoms with Crippen LogP contribution in [0, 0.1) is 0 Å². The zero-order chi connectivity index (χ0) is 25.4. The van der Waals surface area contributed by atoms with E-state index in [-0.39, 0.29) is 30.1 Å². The Balaban J connectivity index is 2.16. The van der Waals surface area contributed by atoms with Crippen LogP contribution in [0.5, 0.6) is 5.75 Å². The van der Waals surface area contributed by atoms with Crippen LogP contribution in [0.1, 0.15) is 82.1 Å². The van der Waals surface area contributed by atoms with Gasteiger partial charge in [-0.15, -0.1) is 0 Å². The lowest BCUT2D eigenvalue weighted by Gasteiger charge is -2.40. The second-order valence-electron chi connectivity index (χ2n) is 9.67. The minimum atomic E-state index is -4.84. The molecule has 0 aromatic heterocycles. The molecule has 0 saturated heterocycles. The van der Waals surface area contributed by atoms with Gasteiger partial charge in [-0.3, -0.25) is 14.4 Å². The van der Waals surface area contributed by atoms with Crippen molar-refractivity contribution in [3.05, 3.63) is 23.3 Å². The highest BCUT2D eigenvalue weighted by molar-refractivity contribution is 6.05. The molecule has 10 heteroatoms. The topological polar surface area (TPSA) is 87.2 Å². The number of amides is 2. The maximum absolute atomic E-state index is 14.1. The summed E-state index contributed by atoms with van der Waals surface area (Å²) in [6.45, 7) is 6.09. The van der Waals surface area contributed by atoms with Crippen molar-refractivity contribution in [3.8, 4) is 5.75 Å². The van der Waals surface area contributed by atoms with Crippen LogP contribution in [0.25, 0.3) is 0 Å². The Morgan fingerprint density at radius 2 is 1.82 bits per heavy atom. The molecule has 1 fully saturated rings. The zero-order valence-corrected chi connectivity index (χ0v) is 19.9. The summed E-state index contributed by atoms with van der Waals surface area (Å²) in [5, 5.41) is 9.10. The monoisotopic (exact) mass is 484 g/mol. The fourth-order valence-corrected chi connectivity index (χ4v) is 4.78. The van der Waals surface area contributed by atoms with Crippen LogP contribution in [-0.2, 0) is 15.8 Å². The summed E-state index contributed by atoms with van der Waals surface area (Å²) >= 11 is 0. The maximum atomic E-state index is 14.1. The SMILES string of the molecule is CC(C)N(C(=O)c1cc2c(cc1C(F)(F)F)OC(C)(C)C(=O)N2CCC(=O)O)C1CCCCC1. The van der Waals surface area contributed by atoms with Gasteiger partial charge in [0.05, 0.1) is 23.2 Å². The van der Waals surface area contributed by atoms with Gasteiger partial charge in [0, 0.05) is 18.6 Å². The van der Waals surface area contributed by atoms with Crippen LogP contribution in [-0.4, -0.2) is 52.0 Å². The summed E-state index contributed by atoms with van der Waals surface area (Å²) in [4.78, 5) is 40.3. The van der Waals surface area contributed by atoms with Crippen LogP contribution in [0.2, 0.25) is 0 Å². The van der Waals surface area contributed by atoms with Crippen molar-refractivity contribution in [3.63, 3.8) is 0 Å². The molecule has 2 amide bonds. The molecule has 1 N–H and O–H groups in total. The van der Waals surface area contributed by atoms with E-state index >= 15 is 0 Å². The van der Waals surface area contributed by atoms with E-state index in [1.54, 1.807) is 13.8 Å². The van der Waals surface area contributed by atoms with Gasteiger partial charge >= 0.3 is 12.1 Å². The maximum Gasteiger partial charge on any atom is 0.417 e. The number of carbonyl (C=O) groups is 3. The summed E-state index contributed by atoms with van der Waals surface area (Å²) in [6.07, 6.45) is -0.984. The van der Waals surface area contributed by atoms with Crippen molar-refractivity contribution in [2.45, 2.75) is 90.1 Å². The van der Waals surface area contributed by atoms with E-state index in [2.05, 4.69) is 0 Å². The van der Waals surface area contributed by atoms with Gasteiger partial charge in [0.15, 0.2) is 5.60 Å². The van der Waals surface area contributed by atoms with E-state index < -0.39 is 47.1 Å². The molecular formula is C24H31F3N2O5. The van der Waals surface area contributed by atoms with Gasteiger partial charge in [-0.1, -0.05) is 19.3 Å². The number of hydrogen-bond donors (Lipinski definition) is 1. The molecule has 1 heterocycles. The molecule has 0 radical (unpaired) electrons. The molecule has 1 aromatic carbocycles. The fraction of sp³-hybridized carbons (Fsp3) is 0.625. The number of carboxylic acid groups (broad SMARTS) is 1. The van der Waals surface area contributed by atoms with E-state index in [9.17, 15) is 27.6 Å². The molecule has 0 bridgehead atoms. The first-order chi connectivity index (χ1) is 15.7. The highest BCUT2D eigenvalue weighted by Crippen LogP contribution is 2.44. The average molecular weight is 485 g/mol. The Morgan fingerprint density at radius 1 is 1.21 bits per heavy atom. The van der Waals surface area contributed by atoms with Gasteiger partial charge in [0.2, 0.25) is 0 Å². The van der Waals surface area contributed by atoms with E-state index in [4.69, 9.17) is 9.84 Å². The molecule has 2 aliphatic rings. The molecule has 34 heavy (non-hydrogen) atoms. The minimum Gasteiger partial charge on any atom is -0.481 e. The Bertz CT molecular complexity index is 968. The number of fused-ring (bicyclic) bond motifs is 1.